The third kappa shape index (κ3) is 4.83. The van der Waals surface area contributed by atoms with E-state index in [1.807, 2.05) is 6.07 Å². The first-order chi connectivity index (χ1) is 17.1. The van der Waals surface area contributed by atoms with Gasteiger partial charge in [-0.15, -0.1) is 0 Å². The zero-order chi connectivity index (χ0) is 24.4. The van der Waals surface area contributed by atoms with Crippen molar-refractivity contribution in [2.24, 2.45) is 11.8 Å². The number of fused-ring (bicyclic) bond motifs is 4. The molecule has 3 aliphatic heterocycles. The minimum atomic E-state index is -0.613. The van der Waals surface area contributed by atoms with Crippen LogP contribution in [0.4, 0.5) is 4.79 Å². The van der Waals surface area contributed by atoms with Crippen molar-refractivity contribution in [1.82, 2.24) is 25.0 Å². The number of ether oxygens (including phenoxy) is 1. The van der Waals surface area contributed by atoms with Gasteiger partial charge in [-0.1, -0.05) is 18.9 Å². The van der Waals surface area contributed by atoms with E-state index in [2.05, 4.69) is 15.5 Å². The Bertz CT molecular complexity index is 971. The van der Waals surface area contributed by atoms with E-state index in [1.54, 1.807) is 15.5 Å². The summed E-state index contributed by atoms with van der Waals surface area (Å²) < 4.78 is 7.06. The van der Waals surface area contributed by atoms with Crippen molar-refractivity contribution < 1.29 is 19.4 Å². The highest BCUT2D eigenvalue weighted by Gasteiger charge is 2.57. The first-order valence-electron chi connectivity index (χ1n) is 13.1. The molecule has 2 bridgehead atoms. The monoisotopic (exact) mass is 487 g/mol. The van der Waals surface area contributed by atoms with E-state index in [0.29, 0.717) is 12.2 Å². The van der Waals surface area contributed by atoms with E-state index in [-0.39, 0.29) is 36.7 Å². The predicted molar refractivity (Wildman–Crippen MR) is 129 cm³/mol. The molecule has 1 aliphatic carbocycles. The van der Waals surface area contributed by atoms with Crippen molar-refractivity contribution in [2.75, 3.05) is 46.0 Å². The van der Waals surface area contributed by atoms with Gasteiger partial charge in [0.2, 0.25) is 5.91 Å². The third-order valence-corrected chi connectivity index (χ3v) is 8.19. The van der Waals surface area contributed by atoms with Crippen LogP contribution in [0, 0.1) is 11.8 Å². The zero-order valence-electron chi connectivity index (χ0n) is 20.2. The van der Waals surface area contributed by atoms with Crippen LogP contribution in [0.1, 0.15) is 43.8 Å². The molecule has 10 heteroatoms. The average molecular weight is 488 g/mol. The number of rotatable bonds is 7. The number of amides is 3. The van der Waals surface area contributed by atoms with E-state index in [0.717, 1.165) is 65.0 Å². The third-order valence-electron chi connectivity index (χ3n) is 8.19. The number of aliphatic hydroxyl groups is 1. The number of nitrogens with one attached hydrogen (secondary N) is 2. The van der Waals surface area contributed by atoms with Crippen LogP contribution in [0.3, 0.4) is 0 Å². The van der Waals surface area contributed by atoms with E-state index in [9.17, 15) is 19.5 Å². The molecular weight excluding hydrogens is 450 g/mol. The van der Waals surface area contributed by atoms with Gasteiger partial charge in [-0.05, 0) is 31.9 Å². The number of morpholine rings is 1. The number of hydrogen-bond donors (Lipinski definition) is 3. The lowest BCUT2D eigenvalue weighted by atomic mass is 9.86. The molecule has 4 atom stereocenters. The fraction of sp³-hybridized carbons (Fsp3) is 0.720. The molecule has 0 spiro atoms. The highest BCUT2D eigenvalue weighted by molar-refractivity contribution is 5.84. The van der Waals surface area contributed by atoms with Crippen LogP contribution in [0.5, 0.6) is 0 Å². The Hall–Kier alpha value is -2.43. The van der Waals surface area contributed by atoms with E-state index in [1.165, 1.54) is 6.07 Å². The van der Waals surface area contributed by atoms with Crippen molar-refractivity contribution in [3.63, 3.8) is 0 Å². The number of aromatic nitrogens is 1. The maximum Gasteiger partial charge on any atom is 0.318 e. The van der Waals surface area contributed by atoms with Gasteiger partial charge >= 0.3 is 6.03 Å². The molecule has 1 saturated carbocycles. The second-order valence-electron chi connectivity index (χ2n) is 10.2. The minimum Gasteiger partial charge on any atom is -0.396 e. The molecule has 1 aromatic rings. The number of aliphatic hydroxyl groups excluding tert-OH is 1. The number of hydrogen-bond acceptors (Lipinski definition) is 6. The van der Waals surface area contributed by atoms with Crippen molar-refractivity contribution in [3.8, 4) is 0 Å². The Kier molecular flexibility index (Phi) is 7.40. The lowest BCUT2D eigenvalue weighted by Crippen LogP contribution is -2.53. The molecule has 35 heavy (non-hydrogen) atoms. The molecule has 4 aliphatic rings. The number of carbonyl (C=O) groups excluding carboxylic acids is 2. The summed E-state index contributed by atoms with van der Waals surface area (Å²) in [6.45, 7) is 4.78. The summed E-state index contributed by atoms with van der Waals surface area (Å²) >= 11 is 0. The molecule has 2 saturated heterocycles. The van der Waals surface area contributed by atoms with Crippen LogP contribution in [0.25, 0.3) is 0 Å². The van der Waals surface area contributed by atoms with Gasteiger partial charge in [0.05, 0.1) is 31.2 Å². The maximum atomic E-state index is 13.5. The molecule has 0 aromatic carbocycles. The highest BCUT2D eigenvalue weighted by atomic mass is 16.5. The molecular formula is C25H37N5O5. The van der Waals surface area contributed by atoms with Gasteiger partial charge in [0.15, 0.2) is 0 Å². The summed E-state index contributed by atoms with van der Waals surface area (Å²) in [5.74, 6) is -1.21. The van der Waals surface area contributed by atoms with Gasteiger partial charge in [-0.2, -0.15) is 0 Å². The van der Waals surface area contributed by atoms with E-state index in [4.69, 9.17) is 4.74 Å². The van der Waals surface area contributed by atoms with Gasteiger partial charge in [-0.3, -0.25) is 14.5 Å². The van der Waals surface area contributed by atoms with Gasteiger partial charge < -0.3 is 29.9 Å². The molecule has 3 fully saturated rings. The minimum absolute atomic E-state index is 0.141. The SMILES string of the molecule is O=C(NCCCN1CCOCC1)[C@H]1[C@H](CO)[C@H]2Cn3c(cccc3=O)[C@@H]1N2C(=O)NC1CCCC1. The molecule has 10 nitrogen and oxygen atoms in total. The highest BCUT2D eigenvalue weighted by Crippen LogP contribution is 2.48. The Labute approximate surface area is 205 Å². The molecule has 1 aromatic heterocycles. The van der Waals surface area contributed by atoms with Crippen molar-refractivity contribution in [3.05, 3.63) is 34.2 Å². The first-order valence-corrected chi connectivity index (χ1v) is 13.1. The van der Waals surface area contributed by atoms with Crippen LogP contribution >= 0.6 is 0 Å². The van der Waals surface area contributed by atoms with Gasteiger partial charge in [0.25, 0.3) is 5.56 Å². The molecule has 3 amide bonds. The number of nitrogens with zero attached hydrogens (tertiary/aromatic N) is 3. The lowest BCUT2D eigenvalue weighted by Gasteiger charge is -2.38. The molecule has 0 unspecified atom stereocenters. The lowest BCUT2D eigenvalue weighted by molar-refractivity contribution is -0.127. The quantitative estimate of drug-likeness (QED) is 0.477. The Morgan fingerprint density at radius 3 is 2.66 bits per heavy atom. The molecule has 5 rings (SSSR count). The van der Waals surface area contributed by atoms with Crippen LogP contribution in [0.2, 0.25) is 0 Å². The molecule has 0 radical (unpaired) electrons. The van der Waals surface area contributed by atoms with Crippen LogP contribution in [0.15, 0.2) is 23.0 Å². The van der Waals surface area contributed by atoms with E-state index >= 15 is 0 Å². The van der Waals surface area contributed by atoms with Crippen molar-refractivity contribution >= 4 is 11.9 Å². The van der Waals surface area contributed by atoms with Crippen LogP contribution in [-0.2, 0) is 16.1 Å². The van der Waals surface area contributed by atoms with Crippen LogP contribution < -0.4 is 16.2 Å². The summed E-state index contributed by atoms with van der Waals surface area (Å²) in [7, 11) is 0. The van der Waals surface area contributed by atoms with Crippen molar-refractivity contribution in [1.29, 1.82) is 0 Å². The summed E-state index contributed by atoms with van der Waals surface area (Å²) in [4.78, 5) is 43.7. The second kappa shape index (κ2) is 10.7. The number of carbonyl (C=O) groups is 2. The fourth-order valence-electron chi connectivity index (χ4n) is 6.41. The van der Waals surface area contributed by atoms with Gasteiger partial charge in [-0.25, -0.2) is 4.79 Å². The largest absolute Gasteiger partial charge is 0.396 e. The van der Waals surface area contributed by atoms with Gasteiger partial charge in [0.1, 0.15) is 0 Å². The summed E-state index contributed by atoms with van der Waals surface area (Å²) in [6, 6.07) is 3.97. The van der Waals surface area contributed by atoms with Crippen LogP contribution in [-0.4, -0.2) is 89.5 Å². The predicted octanol–water partition coefficient (Wildman–Crippen LogP) is 0.303. The summed E-state index contributed by atoms with van der Waals surface area (Å²) in [5, 5.41) is 16.6. The smallest absolute Gasteiger partial charge is 0.318 e. The maximum absolute atomic E-state index is 13.5. The Morgan fingerprint density at radius 2 is 1.91 bits per heavy atom. The molecule has 4 heterocycles. The van der Waals surface area contributed by atoms with Gasteiger partial charge in [0, 0.05) is 56.5 Å². The zero-order valence-corrected chi connectivity index (χ0v) is 20.2. The molecule has 192 valence electrons. The Morgan fingerprint density at radius 1 is 1.14 bits per heavy atom. The van der Waals surface area contributed by atoms with Crippen molar-refractivity contribution in [2.45, 2.75) is 56.8 Å². The summed E-state index contributed by atoms with van der Waals surface area (Å²) in [6.07, 6.45) is 4.94. The van der Waals surface area contributed by atoms with E-state index < -0.39 is 23.9 Å². The average Bonchev–Trinajstić information content (AvgIpc) is 3.46. The first kappa shape index (κ1) is 24.3. The standard InChI is InChI=1S/C25H37N5O5/c31-16-18-20-15-29-19(7-3-8-21(29)32)23(30(20)25(34)27-17-5-1-2-6-17)22(18)24(33)26-9-4-10-28-11-13-35-14-12-28/h3,7-8,17-18,20,22-23,31H,1-2,4-6,9-16H2,(H,26,33)(H,27,34)/t18-,20-,22+,23+/m1/s1. The second-order valence-corrected chi connectivity index (χ2v) is 10.2. The summed E-state index contributed by atoms with van der Waals surface area (Å²) in [5.41, 5.74) is 0.524. The number of urea groups is 1. The normalized spacial score (nSPS) is 28.7. The topological polar surface area (TPSA) is 116 Å². The molecule has 3 N–H and O–H groups in total. The Balaban J connectivity index is 1.34. The fourth-order valence-corrected chi connectivity index (χ4v) is 6.41. The number of pyridine rings is 1.